The Morgan fingerprint density at radius 3 is 2.88 bits per heavy atom. The Morgan fingerprint density at radius 1 is 1.23 bits per heavy atom. The number of aromatic nitrogens is 2. The molecule has 1 amide bonds. The zero-order chi connectivity index (χ0) is 18.4. The molecule has 0 spiro atoms. The van der Waals surface area contributed by atoms with E-state index in [2.05, 4.69) is 10.3 Å². The second kappa shape index (κ2) is 8.49. The van der Waals surface area contributed by atoms with Crippen molar-refractivity contribution in [2.75, 3.05) is 26.9 Å². The summed E-state index contributed by atoms with van der Waals surface area (Å²) in [7, 11) is 1.65. The number of nitrogens with zero attached hydrogens (tertiary/aromatic N) is 2. The number of rotatable bonds is 8. The molecule has 1 heterocycles. The lowest BCUT2D eigenvalue weighted by Gasteiger charge is -2.11. The van der Waals surface area contributed by atoms with Crippen LogP contribution in [-0.2, 0) is 4.74 Å². The molecule has 0 atom stereocenters. The molecule has 6 heteroatoms. The predicted octanol–water partition coefficient (Wildman–Crippen LogP) is 3.19. The molecule has 0 unspecified atom stereocenters. The number of methoxy groups -OCH3 is 1. The van der Waals surface area contributed by atoms with Crippen LogP contribution in [0, 0.1) is 0 Å². The molecule has 3 aromatic rings. The Kier molecular flexibility index (Phi) is 5.86. The van der Waals surface area contributed by atoms with Crippen molar-refractivity contribution >= 4 is 16.9 Å². The average molecular weight is 353 g/mol. The Hall–Kier alpha value is -2.86. The number of carbonyl (C=O) groups excluding carboxylic acids is 1. The zero-order valence-corrected chi connectivity index (χ0v) is 15.1. The van der Waals surface area contributed by atoms with Crippen molar-refractivity contribution in [3.05, 3.63) is 54.4 Å². The number of hydrogen-bond donors (Lipinski definition) is 1. The van der Waals surface area contributed by atoms with Gasteiger partial charge in [-0.25, -0.2) is 4.98 Å². The molecule has 26 heavy (non-hydrogen) atoms. The smallest absolute Gasteiger partial charge is 0.251 e. The summed E-state index contributed by atoms with van der Waals surface area (Å²) >= 11 is 0. The third kappa shape index (κ3) is 3.86. The average Bonchev–Trinajstić information content (AvgIpc) is 3.09. The second-order valence-electron chi connectivity index (χ2n) is 5.82. The predicted molar refractivity (Wildman–Crippen MR) is 101 cm³/mol. The molecule has 0 bridgehead atoms. The quantitative estimate of drug-likeness (QED) is 0.632. The van der Waals surface area contributed by atoms with Crippen LogP contribution in [0.3, 0.4) is 0 Å². The maximum absolute atomic E-state index is 12.3. The molecule has 0 fully saturated rings. The minimum atomic E-state index is -0.104. The molecule has 1 aromatic heterocycles. The van der Waals surface area contributed by atoms with E-state index in [4.69, 9.17) is 9.47 Å². The van der Waals surface area contributed by atoms with Gasteiger partial charge in [0.1, 0.15) is 12.1 Å². The molecule has 6 nitrogen and oxygen atoms in total. The summed E-state index contributed by atoms with van der Waals surface area (Å²) in [5.74, 6) is 0.696. The molecule has 0 aliphatic heterocycles. The summed E-state index contributed by atoms with van der Waals surface area (Å²) in [5.41, 5.74) is 3.21. The molecule has 3 rings (SSSR count). The first-order chi connectivity index (χ1) is 12.7. The highest BCUT2D eigenvalue weighted by molar-refractivity contribution is 5.97. The van der Waals surface area contributed by atoms with Crippen LogP contribution in [0.2, 0.25) is 0 Å². The molecule has 0 radical (unpaired) electrons. The van der Waals surface area contributed by atoms with Crippen molar-refractivity contribution in [1.29, 1.82) is 0 Å². The van der Waals surface area contributed by atoms with Gasteiger partial charge in [-0.05, 0) is 43.7 Å². The highest BCUT2D eigenvalue weighted by Gasteiger charge is 2.12. The zero-order valence-electron chi connectivity index (χ0n) is 15.1. The van der Waals surface area contributed by atoms with Crippen LogP contribution in [0.25, 0.3) is 16.7 Å². The lowest BCUT2D eigenvalue weighted by atomic mass is 10.2. The third-order valence-corrected chi connectivity index (χ3v) is 4.04. The minimum Gasteiger partial charge on any atom is -0.492 e. The Labute approximate surface area is 152 Å². The first-order valence-corrected chi connectivity index (χ1v) is 8.71. The number of fused-ring (bicyclic) bond motifs is 1. The van der Waals surface area contributed by atoms with Gasteiger partial charge in [0.15, 0.2) is 0 Å². The monoisotopic (exact) mass is 353 g/mol. The van der Waals surface area contributed by atoms with Gasteiger partial charge in [-0.15, -0.1) is 0 Å². The first-order valence-electron chi connectivity index (χ1n) is 8.71. The fraction of sp³-hybridized carbons (Fsp3) is 0.300. The van der Waals surface area contributed by atoms with Gasteiger partial charge >= 0.3 is 0 Å². The van der Waals surface area contributed by atoms with E-state index < -0.39 is 0 Å². The Morgan fingerprint density at radius 2 is 2.08 bits per heavy atom. The van der Waals surface area contributed by atoms with Crippen LogP contribution in [-0.4, -0.2) is 42.3 Å². The number of ether oxygens (including phenoxy) is 2. The molecule has 0 saturated carbocycles. The van der Waals surface area contributed by atoms with E-state index in [1.165, 1.54) is 0 Å². The van der Waals surface area contributed by atoms with Crippen molar-refractivity contribution in [2.45, 2.75) is 13.3 Å². The maximum Gasteiger partial charge on any atom is 0.251 e. The van der Waals surface area contributed by atoms with Gasteiger partial charge < -0.3 is 14.8 Å². The molecule has 0 aliphatic rings. The van der Waals surface area contributed by atoms with E-state index in [1.807, 2.05) is 47.9 Å². The highest BCUT2D eigenvalue weighted by Crippen LogP contribution is 2.26. The van der Waals surface area contributed by atoms with Crippen molar-refractivity contribution in [1.82, 2.24) is 14.9 Å². The fourth-order valence-corrected chi connectivity index (χ4v) is 2.80. The molecular weight excluding hydrogens is 330 g/mol. The van der Waals surface area contributed by atoms with Crippen LogP contribution in [0.5, 0.6) is 5.75 Å². The second-order valence-corrected chi connectivity index (χ2v) is 5.82. The lowest BCUT2D eigenvalue weighted by molar-refractivity contribution is 0.0948. The fourth-order valence-electron chi connectivity index (χ4n) is 2.80. The van der Waals surface area contributed by atoms with E-state index in [9.17, 15) is 4.79 Å². The number of para-hydroxylation sites is 2. The number of nitrogens with one attached hydrogen (secondary N) is 1. The molecule has 2 aromatic carbocycles. The van der Waals surface area contributed by atoms with Gasteiger partial charge in [-0.3, -0.25) is 9.36 Å². The molecule has 136 valence electrons. The lowest BCUT2D eigenvalue weighted by Crippen LogP contribution is -2.25. The van der Waals surface area contributed by atoms with Gasteiger partial charge in [0, 0.05) is 25.8 Å². The van der Waals surface area contributed by atoms with E-state index >= 15 is 0 Å². The molecular formula is C20H23N3O3. The summed E-state index contributed by atoms with van der Waals surface area (Å²) in [6, 6.07) is 13.4. The largest absolute Gasteiger partial charge is 0.492 e. The van der Waals surface area contributed by atoms with E-state index in [-0.39, 0.29) is 5.91 Å². The summed E-state index contributed by atoms with van der Waals surface area (Å²) in [6.07, 6.45) is 2.54. The SMILES string of the molecule is CCOc1ccccc1-n1cnc2cc(C(=O)NCCCOC)ccc21. The normalized spacial score (nSPS) is 10.8. The summed E-state index contributed by atoms with van der Waals surface area (Å²) < 4.78 is 12.7. The van der Waals surface area contributed by atoms with E-state index in [1.54, 1.807) is 19.5 Å². The standard InChI is InChI=1S/C20H23N3O3/c1-3-26-19-8-5-4-7-18(19)23-14-22-16-13-15(9-10-17(16)23)20(24)21-11-6-12-25-2/h4-5,7-10,13-14H,3,6,11-12H2,1-2H3,(H,21,24). The van der Waals surface area contributed by atoms with Crippen molar-refractivity contribution in [3.8, 4) is 11.4 Å². The topological polar surface area (TPSA) is 65.4 Å². The molecule has 0 aliphatic carbocycles. The summed E-state index contributed by atoms with van der Waals surface area (Å²) in [4.78, 5) is 16.7. The van der Waals surface area contributed by atoms with Gasteiger partial charge in [0.25, 0.3) is 5.91 Å². The first kappa shape index (κ1) is 17.9. The summed E-state index contributed by atoms with van der Waals surface area (Å²) in [5, 5.41) is 2.89. The van der Waals surface area contributed by atoms with Gasteiger partial charge in [-0.1, -0.05) is 12.1 Å². The Bertz CT molecular complexity index is 889. The van der Waals surface area contributed by atoms with Crippen molar-refractivity contribution < 1.29 is 14.3 Å². The summed E-state index contributed by atoms with van der Waals surface area (Å²) in [6.45, 7) is 3.77. The molecule has 1 N–H and O–H groups in total. The van der Waals surface area contributed by atoms with E-state index in [0.717, 1.165) is 28.9 Å². The third-order valence-electron chi connectivity index (χ3n) is 4.04. The number of carbonyl (C=O) groups is 1. The van der Waals surface area contributed by atoms with E-state index in [0.29, 0.717) is 25.3 Å². The van der Waals surface area contributed by atoms with Crippen LogP contribution >= 0.6 is 0 Å². The van der Waals surface area contributed by atoms with Crippen molar-refractivity contribution in [3.63, 3.8) is 0 Å². The number of hydrogen-bond acceptors (Lipinski definition) is 4. The minimum absolute atomic E-state index is 0.104. The molecule has 0 saturated heterocycles. The van der Waals surface area contributed by atoms with Gasteiger partial charge in [-0.2, -0.15) is 0 Å². The van der Waals surface area contributed by atoms with Crippen LogP contribution in [0.1, 0.15) is 23.7 Å². The number of imidazole rings is 1. The van der Waals surface area contributed by atoms with Crippen LogP contribution in [0.15, 0.2) is 48.8 Å². The Balaban J connectivity index is 1.85. The number of amides is 1. The van der Waals surface area contributed by atoms with Gasteiger partial charge in [0.05, 0.1) is 23.3 Å². The van der Waals surface area contributed by atoms with Crippen LogP contribution in [0.4, 0.5) is 0 Å². The van der Waals surface area contributed by atoms with Crippen LogP contribution < -0.4 is 10.1 Å². The maximum atomic E-state index is 12.3. The van der Waals surface area contributed by atoms with Gasteiger partial charge in [0.2, 0.25) is 0 Å². The number of benzene rings is 2. The highest BCUT2D eigenvalue weighted by atomic mass is 16.5. The van der Waals surface area contributed by atoms with Crippen molar-refractivity contribution in [2.24, 2.45) is 0 Å².